The molecule has 0 spiro atoms. The van der Waals surface area contributed by atoms with E-state index in [0.717, 1.165) is 16.5 Å². The van der Waals surface area contributed by atoms with Crippen molar-refractivity contribution in [3.63, 3.8) is 0 Å². The van der Waals surface area contributed by atoms with Crippen LogP contribution in [0.25, 0.3) is 10.8 Å². The number of hydrogen-bond acceptors (Lipinski definition) is 3. The molecule has 0 radical (unpaired) electrons. The molecular formula is C14H12BrNO2. The van der Waals surface area contributed by atoms with E-state index in [4.69, 9.17) is 0 Å². The van der Waals surface area contributed by atoms with Crippen molar-refractivity contribution in [1.29, 1.82) is 0 Å². The topological polar surface area (TPSA) is 38.3 Å². The lowest BCUT2D eigenvalue weighted by atomic mass is 10.1. The first-order chi connectivity index (χ1) is 8.72. The molecule has 0 fully saturated rings. The summed E-state index contributed by atoms with van der Waals surface area (Å²) in [6, 6.07) is 14.0. The third-order valence-corrected chi connectivity index (χ3v) is 3.08. The van der Waals surface area contributed by atoms with Gasteiger partial charge in [-0.3, -0.25) is 0 Å². The molecule has 4 heteroatoms. The van der Waals surface area contributed by atoms with Gasteiger partial charge in [-0.2, -0.15) is 0 Å². The lowest BCUT2D eigenvalue weighted by Crippen LogP contribution is -2.01. The second-order valence-electron chi connectivity index (χ2n) is 3.65. The average molecular weight is 306 g/mol. The number of ether oxygens (including phenoxy) is 1. The highest BCUT2D eigenvalue weighted by Gasteiger charge is 2.05. The number of methoxy groups -OCH3 is 1. The summed E-state index contributed by atoms with van der Waals surface area (Å²) in [6.45, 7) is 0. The van der Waals surface area contributed by atoms with Crippen LogP contribution < -0.4 is 5.32 Å². The van der Waals surface area contributed by atoms with Crippen LogP contribution in [-0.2, 0) is 9.53 Å². The first kappa shape index (κ1) is 12.6. The standard InChI is InChI=1S/C14H12BrNO2/c1-18-14(17)12(15)9-16-13-8-4-6-10-5-2-3-7-11(10)13/h2-9,16H,1H3/b12-9-. The number of halogens is 1. The van der Waals surface area contributed by atoms with Gasteiger partial charge >= 0.3 is 5.97 Å². The van der Waals surface area contributed by atoms with E-state index < -0.39 is 5.97 Å². The van der Waals surface area contributed by atoms with Crippen LogP contribution in [0.1, 0.15) is 0 Å². The summed E-state index contributed by atoms with van der Waals surface area (Å²) >= 11 is 3.15. The van der Waals surface area contributed by atoms with Gasteiger partial charge < -0.3 is 10.1 Å². The minimum Gasteiger partial charge on any atom is -0.465 e. The first-order valence-electron chi connectivity index (χ1n) is 5.40. The van der Waals surface area contributed by atoms with Crippen molar-refractivity contribution in [3.05, 3.63) is 53.1 Å². The minimum absolute atomic E-state index is 0.345. The van der Waals surface area contributed by atoms with Crippen molar-refractivity contribution in [1.82, 2.24) is 0 Å². The summed E-state index contributed by atoms with van der Waals surface area (Å²) in [5, 5.41) is 5.34. The van der Waals surface area contributed by atoms with Crippen LogP contribution in [0.15, 0.2) is 53.1 Å². The Labute approximate surface area is 114 Å². The number of benzene rings is 2. The van der Waals surface area contributed by atoms with Gasteiger partial charge in [0.05, 0.1) is 7.11 Å². The normalized spacial score (nSPS) is 11.3. The highest BCUT2D eigenvalue weighted by atomic mass is 79.9. The number of carbonyl (C=O) groups excluding carboxylic acids is 1. The van der Waals surface area contributed by atoms with Gasteiger partial charge in [0.15, 0.2) is 0 Å². The molecule has 18 heavy (non-hydrogen) atoms. The molecule has 2 rings (SSSR count). The van der Waals surface area contributed by atoms with Crippen molar-refractivity contribution in [2.45, 2.75) is 0 Å². The minimum atomic E-state index is -0.414. The van der Waals surface area contributed by atoms with E-state index in [0.29, 0.717) is 4.48 Å². The van der Waals surface area contributed by atoms with Crippen LogP contribution in [0.3, 0.4) is 0 Å². The quantitative estimate of drug-likeness (QED) is 0.695. The van der Waals surface area contributed by atoms with Gasteiger partial charge in [0, 0.05) is 17.3 Å². The molecule has 0 heterocycles. The third kappa shape index (κ3) is 2.71. The zero-order valence-electron chi connectivity index (χ0n) is 9.81. The molecule has 2 aromatic rings. The van der Waals surface area contributed by atoms with Crippen LogP contribution in [0.4, 0.5) is 5.69 Å². The van der Waals surface area contributed by atoms with Gasteiger partial charge in [-0.15, -0.1) is 0 Å². The van der Waals surface area contributed by atoms with Crippen LogP contribution in [0.2, 0.25) is 0 Å². The maximum Gasteiger partial charge on any atom is 0.346 e. The van der Waals surface area contributed by atoms with Gasteiger partial charge in [0.2, 0.25) is 0 Å². The van der Waals surface area contributed by atoms with E-state index in [1.807, 2.05) is 42.5 Å². The van der Waals surface area contributed by atoms with Crippen molar-refractivity contribution in [3.8, 4) is 0 Å². The fourth-order valence-electron chi connectivity index (χ4n) is 1.65. The van der Waals surface area contributed by atoms with Gasteiger partial charge in [0.1, 0.15) is 4.48 Å². The number of carbonyl (C=O) groups is 1. The zero-order valence-corrected chi connectivity index (χ0v) is 11.4. The Balaban J connectivity index is 2.30. The molecule has 0 saturated heterocycles. The summed E-state index contributed by atoms with van der Waals surface area (Å²) in [7, 11) is 1.34. The SMILES string of the molecule is COC(=O)/C(Br)=C/Nc1cccc2ccccc12. The molecule has 0 saturated carbocycles. The van der Waals surface area contributed by atoms with Gasteiger partial charge in [-0.25, -0.2) is 4.79 Å². The lowest BCUT2D eigenvalue weighted by Gasteiger charge is -2.06. The number of rotatable bonds is 3. The van der Waals surface area contributed by atoms with Crippen LogP contribution in [0, 0.1) is 0 Å². The number of anilines is 1. The smallest absolute Gasteiger partial charge is 0.346 e. The number of nitrogens with one attached hydrogen (secondary N) is 1. The molecule has 0 bridgehead atoms. The average Bonchev–Trinajstić information content (AvgIpc) is 2.43. The molecule has 0 aliphatic heterocycles. The van der Waals surface area contributed by atoms with Crippen LogP contribution >= 0.6 is 15.9 Å². The summed E-state index contributed by atoms with van der Waals surface area (Å²) < 4.78 is 4.94. The van der Waals surface area contributed by atoms with Gasteiger partial charge in [-0.1, -0.05) is 36.4 Å². The predicted molar refractivity (Wildman–Crippen MR) is 76.6 cm³/mol. The van der Waals surface area contributed by atoms with E-state index in [2.05, 4.69) is 26.0 Å². The molecule has 0 amide bonds. The summed E-state index contributed by atoms with van der Waals surface area (Å²) in [6.07, 6.45) is 1.58. The molecule has 2 aromatic carbocycles. The van der Waals surface area contributed by atoms with E-state index in [-0.39, 0.29) is 0 Å². The molecule has 0 atom stereocenters. The third-order valence-electron chi connectivity index (χ3n) is 2.52. The highest BCUT2D eigenvalue weighted by Crippen LogP contribution is 2.23. The molecule has 3 nitrogen and oxygen atoms in total. The molecule has 0 aromatic heterocycles. The molecule has 0 aliphatic carbocycles. The largest absolute Gasteiger partial charge is 0.465 e. The maximum atomic E-state index is 11.2. The fraction of sp³-hybridized carbons (Fsp3) is 0.0714. The van der Waals surface area contributed by atoms with Gasteiger partial charge in [0.25, 0.3) is 0 Å². The Kier molecular flexibility index (Phi) is 3.99. The molecular weight excluding hydrogens is 294 g/mol. The number of esters is 1. The van der Waals surface area contributed by atoms with E-state index in [9.17, 15) is 4.79 Å². The molecule has 0 aliphatic rings. The van der Waals surface area contributed by atoms with Crippen molar-refractivity contribution >= 4 is 38.4 Å². The summed E-state index contributed by atoms with van der Waals surface area (Å²) in [4.78, 5) is 11.2. The lowest BCUT2D eigenvalue weighted by molar-refractivity contribution is -0.135. The summed E-state index contributed by atoms with van der Waals surface area (Å²) in [5.74, 6) is -0.414. The monoisotopic (exact) mass is 305 g/mol. The molecule has 1 N–H and O–H groups in total. The second kappa shape index (κ2) is 5.69. The van der Waals surface area contributed by atoms with Crippen molar-refractivity contribution in [2.75, 3.05) is 12.4 Å². The van der Waals surface area contributed by atoms with Crippen molar-refractivity contribution < 1.29 is 9.53 Å². The second-order valence-corrected chi connectivity index (χ2v) is 4.51. The van der Waals surface area contributed by atoms with E-state index >= 15 is 0 Å². The Morgan fingerprint density at radius 3 is 2.72 bits per heavy atom. The molecule has 92 valence electrons. The van der Waals surface area contributed by atoms with E-state index in [1.165, 1.54) is 7.11 Å². The fourth-order valence-corrected chi connectivity index (χ4v) is 1.93. The Morgan fingerprint density at radius 2 is 1.94 bits per heavy atom. The predicted octanol–water partition coefficient (Wildman–Crippen LogP) is 3.66. The Bertz CT molecular complexity index is 602. The number of fused-ring (bicyclic) bond motifs is 1. The Hall–Kier alpha value is -1.81. The Morgan fingerprint density at radius 1 is 1.22 bits per heavy atom. The van der Waals surface area contributed by atoms with E-state index in [1.54, 1.807) is 6.20 Å². The van der Waals surface area contributed by atoms with Gasteiger partial charge in [-0.05, 0) is 27.4 Å². The van der Waals surface area contributed by atoms with Crippen LogP contribution in [0.5, 0.6) is 0 Å². The first-order valence-corrected chi connectivity index (χ1v) is 6.20. The van der Waals surface area contributed by atoms with Crippen molar-refractivity contribution in [2.24, 2.45) is 0 Å². The maximum absolute atomic E-state index is 11.2. The molecule has 0 unspecified atom stereocenters. The zero-order chi connectivity index (χ0) is 13.0. The number of hydrogen-bond donors (Lipinski definition) is 1. The highest BCUT2D eigenvalue weighted by molar-refractivity contribution is 9.12. The van der Waals surface area contributed by atoms with Crippen LogP contribution in [-0.4, -0.2) is 13.1 Å². The summed E-state index contributed by atoms with van der Waals surface area (Å²) in [5.41, 5.74) is 0.939.